The number of hydrazone groups is 1. The molecule has 3 aromatic rings. The van der Waals surface area contributed by atoms with Gasteiger partial charge in [0.2, 0.25) is 5.95 Å². The van der Waals surface area contributed by atoms with Gasteiger partial charge in [-0.05, 0) is 28.1 Å². The fourth-order valence-electron chi connectivity index (χ4n) is 3.96. The van der Waals surface area contributed by atoms with Crippen molar-refractivity contribution < 1.29 is 22.4 Å². The highest BCUT2D eigenvalue weighted by atomic mass is 19.4. The van der Waals surface area contributed by atoms with Gasteiger partial charge in [-0.3, -0.25) is 0 Å². The molecule has 2 aliphatic rings. The smallest absolute Gasteiger partial charge is 0.337 e. The zero-order valence-corrected chi connectivity index (χ0v) is 18.0. The predicted molar refractivity (Wildman–Crippen MR) is 113 cm³/mol. The van der Waals surface area contributed by atoms with Crippen LogP contribution in [0.2, 0.25) is 0 Å². The van der Waals surface area contributed by atoms with Crippen LogP contribution < -0.4 is 4.90 Å². The van der Waals surface area contributed by atoms with Crippen LogP contribution in [0.5, 0.6) is 0 Å². The van der Waals surface area contributed by atoms with Crippen LogP contribution in [-0.2, 0) is 6.18 Å². The second-order valence-corrected chi connectivity index (χ2v) is 7.83. The number of carbonyl (C=O) groups excluding carboxylic acids is 1. The number of anilines is 1. The highest BCUT2D eigenvalue weighted by Crippen LogP contribution is 2.30. The van der Waals surface area contributed by atoms with Crippen LogP contribution in [-0.4, -0.2) is 78.5 Å². The molecular weight excluding hydrogens is 472 g/mol. The molecule has 2 aromatic heterocycles. The van der Waals surface area contributed by atoms with Crippen LogP contribution in [0.25, 0.3) is 5.82 Å². The molecule has 15 heteroatoms. The molecule has 0 bridgehead atoms. The summed E-state index contributed by atoms with van der Waals surface area (Å²) in [6.07, 6.45) is -1.33. The summed E-state index contributed by atoms with van der Waals surface area (Å²) in [5.41, 5.74) is 0.653. The molecule has 1 atom stereocenters. The SMILES string of the molecule is O=C(N1CCN(c2nccc(-n3nnnc3C(F)(F)F)n2)CC1)N1N=CC[C@H]1c1cccc(F)c1. The number of aromatic nitrogens is 6. The van der Waals surface area contributed by atoms with Gasteiger partial charge in [0.15, 0.2) is 5.82 Å². The number of nitrogens with zero attached hydrogens (tertiary/aromatic N) is 10. The van der Waals surface area contributed by atoms with E-state index in [9.17, 15) is 22.4 Å². The molecule has 0 aliphatic carbocycles. The maximum atomic E-state index is 13.7. The molecule has 1 fully saturated rings. The number of benzene rings is 1. The first-order valence-corrected chi connectivity index (χ1v) is 10.6. The van der Waals surface area contributed by atoms with Crippen LogP contribution in [0.4, 0.5) is 28.3 Å². The molecule has 182 valence electrons. The molecule has 2 amide bonds. The molecule has 1 aromatic carbocycles. The minimum atomic E-state index is -4.75. The number of tetrazole rings is 1. The Morgan fingerprint density at radius 2 is 1.89 bits per heavy atom. The van der Waals surface area contributed by atoms with E-state index in [1.165, 1.54) is 29.4 Å². The van der Waals surface area contributed by atoms with Crippen LogP contribution in [0.3, 0.4) is 0 Å². The van der Waals surface area contributed by atoms with Gasteiger partial charge >= 0.3 is 12.2 Å². The lowest BCUT2D eigenvalue weighted by Gasteiger charge is -2.37. The summed E-state index contributed by atoms with van der Waals surface area (Å²) >= 11 is 0. The van der Waals surface area contributed by atoms with Gasteiger partial charge < -0.3 is 9.80 Å². The zero-order valence-electron chi connectivity index (χ0n) is 18.0. The number of carbonyl (C=O) groups is 1. The van der Waals surface area contributed by atoms with Crippen molar-refractivity contribution in [1.82, 2.24) is 40.1 Å². The first kappa shape index (κ1) is 22.6. The number of urea groups is 1. The van der Waals surface area contributed by atoms with Gasteiger partial charge in [-0.1, -0.05) is 12.1 Å². The van der Waals surface area contributed by atoms with E-state index >= 15 is 0 Å². The molecular formula is C20H18F4N10O. The second kappa shape index (κ2) is 8.88. The maximum Gasteiger partial charge on any atom is 0.453 e. The lowest BCUT2D eigenvalue weighted by atomic mass is 10.0. The second-order valence-electron chi connectivity index (χ2n) is 7.83. The average Bonchev–Trinajstić information content (AvgIpc) is 3.54. The van der Waals surface area contributed by atoms with Crippen molar-refractivity contribution in [2.24, 2.45) is 5.10 Å². The Morgan fingerprint density at radius 1 is 1.09 bits per heavy atom. The molecule has 0 unspecified atom stereocenters. The van der Waals surface area contributed by atoms with Gasteiger partial charge in [0.05, 0.1) is 6.04 Å². The van der Waals surface area contributed by atoms with Crippen molar-refractivity contribution >= 4 is 18.2 Å². The number of piperazine rings is 1. The number of hydrogen-bond acceptors (Lipinski definition) is 8. The Hall–Kier alpha value is -4.17. The molecule has 0 N–H and O–H groups in total. The Morgan fingerprint density at radius 3 is 2.63 bits per heavy atom. The van der Waals surface area contributed by atoms with Crippen molar-refractivity contribution in [3.05, 3.63) is 53.7 Å². The van der Waals surface area contributed by atoms with E-state index in [0.717, 1.165) is 0 Å². The number of rotatable bonds is 3. The van der Waals surface area contributed by atoms with Crippen molar-refractivity contribution in [3.8, 4) is 5.82 Å². The summed E-state index contributed by atoms with van der Waals surface area (Å²) in [5.74, 6) is -1.62. The van der Waals surface area contributed by atoms with Gasteiger partial charge in [0, 0.05) is 51.1 Å². The van der Waals surface area contributed by atoms with Crippen molar-refractivity contribution in [2.75, 3.05) is 31.1 Å². The molecule has 0 radical (unpaired) electrons. The van der Waals surface area contributed by atoms with Gasteiger partial charge in [-0.2, -0.15) is 27.9 Å². The van der Waals surface area contributed by atoms with Gasteiger partial charge in [0.25, 0.3) is 5.82 Å². The van der Waals surface area contributed by atoms with E-state index in [-0.39, 0.29) is 23.6 Å². The first-order chi connectivity index (χ1) is 16.8. The third-order valence-electron chi connectivity index (χ3n) is 5.66. The standard InChI is InChI=1S/C20H18F4N10O/c21-14-3-1-2-13(12-14)15-4-7-26-33(15)19(35)32-10-8-31(9-11-32)18-25-6-5-16(27-18)34-17(20(22,23)24)28-29-30-34/h1-3,5-7,12,15H,4,8-11H2/t15-/m0/s1. The van der Waals surface area contributed by atoms with Crippen molar-refractivity contribution in [1.29, 1.82) is 0 Å². The van der Waals surface area contributed by atoms with Gasteiger partial charge in [0.1, 0.15) is 5.82 Å². The highest BCUT2D eigenvalue weighted by Gasteiger charge is 2.39. The number of halogens is 4. The number of amides is 2. The Kier molecular flexibility index (Phi) is 5.74. The Labute approximate surface area is 195 Å². The Balaban J connectivity index is 1.26. The molecule has 0 spiro atoms. The average molecular weight is 490 g/mol. The number of alkyl halides is 3. The largest absolute Gasteiger partial charge is 0.453 e. The van der Waals surface area contributed by atoms with E-state index in [4.69, 9.17) is 0 Å². The third-order valence-corrected chi connectivity index (χ3v) is 5.66. The topological polar surface area (TPSA) is 109 Å². The van der Waals surface area contributed by atoms with Crippen LogP contribution in [0.1, 0.15) is 23.9 Å². The summed E-state index contributed by atoms with van der Waals surface area (Å²) in [7, 11) is 0. The minimum absolute atomic E-state index is 0.129. The van der Waals surface area contributed by atoms with Gasteiger partial charge in [-0.25, -0.2) is 19.2 Å². The molecule has 4 heterocycles. The maximum absolute atomic E-state index is 13.7. The van der Waals surface area contributed by atoms with E-state index in [1.54, 1.807) is 28.1 Å². The minimum Gasteiger partial charge on any atom is -0.337 e. The molecule has 0 saturated carbocycles. The molecule has 5 rings (SSSR count). The Bertz CT molecular complexity index is 1250. The summed E-state index contributed by atoms with van der Waals surface area (Å²) < 4.78 is 53.6. The summed E-state index contributed by atoms with van der Waals surface area (Å²) in [4.78, 5) is 24.8. The first-order valence-electron chi connectivity index (χ1n) is 10.6. The summed E-state index contributed by atoms with van der Waals surface area (Å²) in [6, 6.07) is 6.63. The van der Waals surface area contributed by atoms with Gasteiger partial charge in [-0.15, -0.1) is 5.10 Å². The van der Waals surface area contributed by atoms with Crippen LogP contribution in [0, 0.1) is 5.82 Å². The van der Waals surface area contributed by atoms with Crippen LogP contribution in [0.15, 0.2) is 41.6 Å². The molecule has 11 nitrogen and oxygen atoms in total. The quantitative estimate of drug-likeness (QED) is 0.519. The summed E-state index contributed by atoms with van der Waals surface area (Å²) in [6.45, 7) is 1.32. The lowest BCUT2D eigenvalue weighted by molar-refractivity contribution is -0.146. The van der Waals surface area contributed by atoms with Crippen molar-refractivity contribution in [3.63, 3.8) is 0 Å². The highest BCUT2D eigenvalue weighted by molar-refractivity contribution is 5.78. The third kappa shape index (κ3) is 4.48. The van der Waals surface area contributed by atoms with E-state index in [0.29, 0.717) is 42.8 Å². The molecule has 35 heavy (non-hydrogen) atoms. The number of hydrogen-bond donors (Lipinski definition) is 0. The van der Waals surface area contributed by atoms with E-state index in [2.05, 4.69) is 30.6 Å². The molecule has 2 aliphatic heterocycles. The van der Waals surface area contributed by atoms with Crippen molar-refractivity contribution in [2.45, 2.75) is 18.6 Å². The predicted octanol–water partition coefficient (Wildman–Crippen LogP) is 2.29. The molecule has 1 saturated heterocycles. The normalized spacial score (nSPS) is 18.4. The van der Waals surface area contributed by atoms with E-state index in [1.807, 2.05) is 0 Å². The lowest BCUT2D eigenvalue weighted by Crippen LogP contribution is -2.52. The zero-order chi connectivity index (χ0) is 24.6. The van der Waals surface area contributed by atoms with Crippen LogP contribution >= 0.6 is 0 Å². The summed E-state index contributed by atoms with van der Waals surface area (Å²) in [5, 5.41) is 15.0. The fraction of sp³-hybridized carbons (Fsp3) is 0.350. The van der Waals surface area contributed by atoms with E-state index < -0.39 is 18.0 Å². The fourth-order valence-corrected chi connectivity index (χ4v) is 3.96. The monoisotopic (exact) mass is 490 g/mol.